The van der Waals surface area contributed by atoms with Crippen LogP contribution in [0.3, 0.4) is 0 Å². The number of amidine groups is 1. The maximum Gasteiger partial charge on any atom is 0.182 e. The van der Waals surface area contributed by atoms with Gasteiger partial charge in [0.05, 0.1) is 0 Å². The molecule has 0 bridgehead atoms. The van der Waals surface area contributed by atoms with Gasteiger partial charge in [0.25, 0.3) is 0 Å². The van der Waals surface area contributed by atoms with Crippen molar-refractivity contribution in [1.29, 1.82) is 5.26 Å². The topological polar surface area (TPSA) is 67.6 Å². The predicted molar refractivity (Wildman–Crippen MR) is 122 cm³/mol. The Morgan fingerprint density at radius 3 is 2.60 bits per heavy atom. The Bertz CT molecular complexity index is 1030. The first kappa shape index (κ1) is 19.9. The number of piperazine rings is 1. The monoisotopic (exact) mass is 398 g/mol. The summed E-state index contributed by atoms with van der Waals surface area (Å²) in [5.41, 5.74) is 2.03. The maximum atomic E-state index is 8.96. The fourth-order valence-corrected chi connectivity index (χ4v) is 3.92. The Kier molecular flexibility index (Phi) is 6.53. The summed E-state index contributed by atoms with van der Waals surface area (Å²) >= 11 is 0. The molecule has 1 saturated heterocycles. The van der Waals surface area contributed by atoms with E-state index in [0.717, 1.165) is 39.1 Å². The number of aliphatic imine (C=N–C) groups is 1. The molecule has 2 aromatic carbocycles. The van der Waals surface area contributed by atoms with Crippen LogP contribution in [0.4, 0.5) is 5.69 Å². The van der Waals surface area contributed by atoms with Crippen LogP contribution < -0.4 is 10.2 Å². The molecule has 0 unspecified atom stereocenters. The van der Waals surface area contributed by atoms with Gasteiger partial charge in [-0.1, -0.05) is 42.5 Å². The second kappa shape index (κ2) is 9.86. The molecule has 1 fully saturated rings. The summed E-state index contributed by atoms with van der Waals surface area (Å²) in [6, 6.07) is 20.8. The van der Waals surface area contributed by atoms with Crippen LogP contribution in [-0.2, 0) is 0 Å². The molecule has 1 aliphatic heterocycles. The highest BCUT2D eigenvalue weighted by atomic mass is 15.3. The van der Waals surface area contributed by atoms with Crippen molar-refractivity contribution in [2.24, 2.45) is 4.99 Å². The number of rotatable bonds is 6. The van der Waals surface area contributed by atoms with Crippen molar-refractivity contribution in [3.05, 3.63) is 72.6 Å². The molecule has 1 aliphatic rings. The van der Waals surface area contributed by atoms with Gasteiger partial charge >= 0.3 is 0 Å². The molecule has 4 rings (SSSR count). The van der Waals surface area contributed by atoms with Gasteiger partial charge in [0, 0.05) is 56.5 Å². The molecule has 3 aromatic rings. The maximum absolute atomic E-state index is 8.96. The molecule has 30 heavy (non-hydrogen) atoms. The Labute approximate surface area is 177 Å². The Morgan fingerprint density at radius 1 is 1.00 bits per heavy atom. The lowest BCUT2D eigenvalue weighted by Crippen LogP contribution is -2.46. The highest BCUT2D eigenvalue weighted by Gasteiger charge is 2.18. The predicted octanol–water partition coefficient (Wildman–Crippen LogP) is 3.26. The average molecular weight is 399 g/mol. The molecule has 1 aromatic heterocycles. The largest absolute Gasteiger partial charge is 0.368 e. The van der Waals surface area contributed by atoms with Gasteiger partial charge in [0.2, 0.25) is 0 Å². The number of aromatic nitrogens is 1. The highest BCUT2D eigenvalue weighted by molar-refractivity contribution is 5.98. The molecule has 0 spiro atoms. The van der Waals surface area contributed by atoms with Crippen molar-refractivity contribution >= 4 is 22.3 Å². The van der Waals surface area contributed by atoms with E-state index < -0.39 is 0 Å². The zero-order valence-corrected chi connectivity index (χ0v) is 17.0. The first-order chi connectivity index (χ1) is 14.8. The van der Waals surface area contributed by atoms with Crippen LogP contribution in [0.2, 0.25) is 0 Å². The number of pyridine rings is 1. The first-order valence-electron chi connectivity index (χ1n) is 10.4. The number of hydrogen-bond acceptors (Lipinski definition) is 5. The summed E-state index contributed by atoms with van der Waals surface area (Å²) in [6.45, 7) is 5.85. The summed E-state index contributed by atoms with van der Waals surface area (Å²) in [5, 5.41) is 14.2. The van der Waals surface area contributed by atoms with Crippen LogP contribution >= 0.6 is 0 Å². The van der Waals surface area contributed by atoms with Gasteiger partial charge in [-0.3, -0.25) is 20.2 Å². The van der Waals surface area contributed by atoms with Crippen LogP contribution in [0.1, 0.15) is 12.1 Å². The number of anilines is 1. The fourth-order valence-electron chi connectivity index (χ4n) is 3.92. The van der Waals surface area contributed by atoms with Gasteiger partial charge < -0.3 is 4.90 Å². The van der Waals surface area contributed by atoms with E-state index in [1.807, 2.05) is 24.4 Å². The summed E-state index contributed by atoms with van der Waals surface area (Å²) in [4.78, 5) is 13.8. The van der Waals surface area contributed by atoms with E-state index in [1.54, 1.807) is 6.20 Å². The summed E-state index contributed by atoms with van der Waals surface area (Å²) in [5.74, 6) is 0.541. The molecule has 1 N–H and O–H groups in total. The van der Waals surface area contributed by atoms with Crippen molar-refractivity contribution in [1.82, 2.24) is 15.2 Å². The SMILES string of the molecule is N#CNC(=NCCCN1CCN(c2cccc3ccccc23)CC1)c1ccccn1. The van der Waals surface area contributed by atoms with Crippen molar-refractivity contribution < 1.29 is 0 Å². The third kappa shape index (κ3) is 4.76. The smallest absolute Gasteiger partial charge is 0.182 e. The average Bonchev–Trinajstić information content (AvgIpc) is 2.82. The molecule has 2 heterocycles. The minimum atomic E-state index is 0.541. The number of hydrogen-bond donors (Lipinski definition) is 1. The van der Waals surface area contributed by atoms with Gasteiger partial charge in [-0.15, -0.1) is 0 Å². The van der Waals surface area contributed by atoms with E-state index in [2.05, 4.69) is 67.6 Å². The van der Waals surface area contributed by atoms with Crippen molar-refractivity contribution in [2.75, 3.05) is 44.2 Å². The second-order valence-electron chi connectivity index (χ2n) is 7.36. The summed E-state index contributed by atoms with van der Waals surface area (Å²) in [7, 11) is 0. The third-order valence-corrected chi connectivity index (χ3v) is 5.46. The van der Waals surface area contributed by atoms with Gasteiger partial charge in [0.1, 0.15) is 5.69 Å². The standard InChI is InChI=1S/C24H26N6/c25-19-28-24(22-10-3-4-12-26-22)27-13-6-14-29-15-17-30(18-16-29)23-11-5-8-20-7-1-2-9-21(20)23/h1-5,7-12H,6,13-18H2,(H,27,28). The lowest BCUT2D eigenvalue weighted by molar-refractivity contribution is 0.256. The number of nitriles is 1. The van der Waals surface area contributed by atoms with Crippen molar-refractivity contribution in [2.45, 2.75) is 6.42 Å². The van der Waals surface area contributed by atoms with Crippen LogP contribution in [0.5, 0.6) is 0 Å². The third-order valence-electron chi connectivity index (χ3n) is 5.46. The number of fused-ring (bicyclic) bond motifs is 1. The fraction of sp³-hybridized carbons (Fsp3) is 0.292. The van der Waals surface area contributed by atoms with Crippen LogP contribution in [0.15, 0.2) is 71.9 Å². The number of nitrogens with zero attached hydrogens (tertiary/aromatic N) is 5. The highest BCUT2D eigenvalue weighted by Crippen LogP contribution is 2.27. The van der Waals surface area contributed by atoms with Crippen molar-refractivity contribution in [3.63, 3.8) is 0 Å². The quantitative estimate of drug-likeness (QED) is 0.227. The normalized spacial score (nSPS) is 15.2. The van der Waals surface area contributed by atoms with Gasteiger partial charge in [-0.25, -0.2) is 0 Å². The number of benzene rings is 2. The van der Waals surface area contributed by atoms with Crippen LogP contribution in [0, 0.1) is 11.5 Å². The molecule has 152 valence electrons. The molecular formula is C24H26N6. The van der Waals surface area contributed by atoms with E-state index in [4.69, 9.17) is 5.26 Å². The second-order valence-corrected chi connectivity index (χ2v) is 7.36. The van der Waals surface area contributed by atoms with Gasteiger partial charge in [-0.2, -0.15) is 5.26 Å². The number of nitrogens with one attached hydrogen (secondary N) is 1. The van der Waals surface area contributed by atoms with E-state index in [0.29, 0.717) is 18.1 Å². The van der Waals surface area contributed by atoms with E-state index in [-0.39, 0.29) is 0 Å². The van der Waals surface area contributed by atoms with Gasteiger partial charge in [0.15, 0.2) is 12.0 Å². The molecule has 0 atom stereocenters. The zero-order chi connectivity index (χ0) is 20.6. The molecule has 0 aliphatic carbocycles. The molecular weight excluding hydrogens is 372 g/mol. The van der Waals surface area contributed by atoms with Crippen LogP contribution in [-0.4, -0.2) is 55.0 Å². The lowest BCUT2D eigenvalue weighted by Gasteiger charge is -2.36. The Balaban J connectivity index is 1.28. The molecule has 6 heteroatoms. The minimum Gasteiger partial charge on any atom is -0.368 e. The lowest BCUT2D eigenvalue weighted by atomic mass is 10.1. The van der Waals surface area contributed by atoms with Crippen LogP contribution in [0.25, 0.3) is 10.8 Å². The van der Waals surface area contributed by atoms with Gasteiger partial charge in [-0.05, 0) is 30.0 Å². The summed E-state index contributed by atoms with van der Waals surface area (Å²) in [6.07, 6.45) is 4.62. The molecule has 6 nitrogen and oxygen atoms in total. The van der Waals surface area contributed by atoms with E-state index in [9.17, 15) is 0 Å². The molecule has 0 radical (unpaired) electrons. The first-order valence-corrected chi connectivity index (χ1v) is 10.4. The zero-order valence-electron chi connectivity index (χ0n) is 17.0. The minimum absolute atomic E-state index is 0.541. The van der Waals surface area contributed by atoms with E-state index >= 15 is 0 Å². The molecule has 0 amide bonds. The molecule has 0 saturated carbocycles. The Hall–Kier alpha value is -3.43. The van der Waals surface area contributed by atoms with Crippen molar-refractivity contribution in [3.8, 4) is 6.19 Å². The Morgan fingerprint density at radius 2 is 1.80 bits per heavy atom. The van der Waals surface area contributed by atoms with E-state index in [1.165, 1.54) is 16.5 Å². The summed E-state index contributed by atoms with van der Waals surface area (Å²) < 4.78 is 0.